The summed E-state index contributed by atoms with van der Waals surface area (Å²) in [5, 5.41) is 5.85. The van der Waals surface area contributed by atoms with Crippen molar-refractivity contribution in [1.29, 1.82) is 0 Å². The van der Waals surface area contributed by atoms with Crippen molar-refractivity contribution in [2.45, 2.75) is 32.4 Å². The van der Waals surface area contributed by atoms with Crippen LogP contribution in [0.25, 0.3) is 0 Å². The molecule has 0 bridgehead atoms. The lowest BCUT2D eigenvalue weighted by Crippen LogP contribution is -2.22. The molecule has 0 radical (unpaired) electrons. The Hall–Kier alpha value is -1.19. The van der Waals surface area contributed by atoms with E-state index in [4.69, 9.17) is 0 Å². The fourth-order valence-electron chi connectivity index (χ4n) is 2.31. The maximum Gasteiger partial charge on any atom is 0.0570 e. The number of aromatic nitrogens is 1. The third-order valence-corrected chi connectivity index (χ3v) is 4.51. The van der Waals surface area contributed by atoms with Crippen molar-refractivity contribution in [1.82, 2.24) is 10.3 Å². The molecule has 1 aliphatic carbocycles. The molecule has 2 nitrogen and oxygen atoms in total. The summed E-state index contributed by atoms with van der Waals surface area (Å²) in [6, 6.07) is 9.03. The Morgan fingerprint density at radius 3 is 2.94 bits per heavy atom. The van der Waals surface area contributed by atoms with E-state index in [9.17, 15) is 0 Å². The zero-order valence-electron chi connectivity index (χ0n) is 10.6. The lowest BCUT2D eigenvalue weighted by molar-refractivity contribution is 0.483. The van der Waals surface area contributed by atoms with Crippen LogP contribution in [-0.4, -0.2) is 4.98 Å². The van der Waals surface area contributed by atoms with Crippen molar-refractivity contribution in [2.24, 2.45) is 5.92 Å². The lowest BCUT2D eigenvalue weighted by atomic mass is 10.1. The maximum atomic E-state index is 4.45. The van der Waals surface area contributed by atoms with Crippen molar-refractivity contribution >= 4 is 11.3 Å². The van der Waals surface area contributed by atoms with Gasteiger partial charge in [-0.2, -0.15) is 0 Å². The molecule has 1 atom stereocenters. The molecule has 1 aliphatic rings. The van der Waals surface area contributed by atoms with Crippen LogP contribution in [0.5, 0.6) is 0 Å². The summed E-state index contributed by atoms with van der Waals surface area (Å²) in [5.74, 6) is 0.827. The maximum absolute atomic E-state index is 4.45. The van der Waals surface area contributed by atoms with E-state index in [0.717, 1.165) is 12.5 Å². The molecular weight excluding hydrogens is 240 g/mol. The minimum Gasteiger partial charge on any atom is -0.303 e. The first-order valence-corrected chi connectivity index (χ1v) is 7.40. The predicted octanol–water partition coefficient (Wildman–Crippen LogP) is 3.69. The summed E-state index contributed by atoms with van der Waals surface area (Å²) in [4.78, 5) is 5.92. The Labute approximate surface area is 112 Å². The Kier molecular flexibility index (Phi) is 3.43. The molecule has 0 aliphatic heterocycles. The van der Waals surface area contributed by atoms with E-state index < -0.39 is 0 Å². The van der Waals surface area contributed by atoms with Crippen LogP contribution in [0.3, 0.4) is 0 Å². The summed E-state index contributed by atoms with van der Waals surface area (Å²) in [5.41, 5.74) is 2.44. The second-order valence-electron chi connectivity index (χ2n) is 4.98. The quantitative estimate of drug-likeness (QED) is 0.884. The van der Waals surface area contributed by atoms with Crippen molar-refractivity contribution in [3.8, 4) is 0 Å². The zero-order chi connectivity index (χ0) is 12.4. The second-order valence-corrected chi connectivity index (χ2v) is 5.96. The smallest absolute Gasteiger partial charge is 0.0570 e. The molecule has 1 N–H and O–H groups in total. The van der Waals surface area contributed by atoms with Gasteiger partial charge in [0.05, 0.1) is 5.69 Å². The number of aryl methyl sites for hydroxylation is 1. The summed E-state index contributed by atoms with van der Waals surface area (Å²) >= 11 is 1.86. The zero-order valence-corrected chi connectivity index (χ0v) is 11.4. The van der Waals surface area contributed by atoms with E-state index in [1.54, 1.807) is 0 Å². The van der Waals surface area contributed by atoms with Gasteiger partial charge in [-0.1, -0.05) is 12.1 Å². The van der Waals surface area contributed by atoms with Gasteiger partial charge in [0.1, 0.15) is 0 Å². The van der Waals surface area contributed by atoms with E-state index in [1.807, 2.05) is 23.6 Å². The molecule has 0 spiro atoms. The SMILES string of the molecule is Cc1cccnc1CNC(c1cccs1)C1CC1. The first-order chi connectivity index (χ1) is 8.84. The van der Waals surface area contributed by atoms with Crippen LogP contribution in [0.4, 0.5) is 0 Å². The van der Waals surface area contributed by atoms with E-state index in [0.29, 0.717) is 6.04 Å². The fraction of sp³-hybridized carbons (Fsp3) is 0.400. The third-order valence-electron chi connectivity index (χ3n) is 3.55. The first kappa shape index (κ1) is 11.9. The first-order valence-electron chi connectivity index (χ1n) is 6.52. The van der Waals surface area contributed by atoms with Crippen molar-refractivity contribution < 1.29 is 0 Å². The van der Waals surface area contributed by atoms with Crippen LogP contribution in [0.15, 0.2) is 35.8 Å². The molecule has 3 heteroatoms. The molecular formula is C15H18N2S. The van der Waals surface area contributed by atoms with Gasteiger partial charge in [0.25, 0.3) is 0 Å². The van der Waals surface area contributed by atoms with Gasteiger partial charge in [-0.05, 0) is 48.8 Å². The molecule has 18 heavy (non-hydrogen) atoms. The summed E-state index contributed by atoms with van der Waals surface area (Å²) in [7, 11) is 0. The van der Waals surface area contributed by atoms with Gasteiger partial charge in [0, 0.05) is 23.7 Å². The molecule has 3 rings (SSSR count). The van der Waals surface area contributed by atoms with E-state index in [-0.39, 0.29) is 0 Å². The lowest BCUT2D eigenvalue weighted by Gasteiger charge is -2.17. The largest absolute Gasteiger partial charge is 0.303 e. The van der Waals surface area contributed by atoms with Crippen LogP contribution in [-0.2, 0) is 6.54 Å². The van der Waals surface area contributed by atoms with Gasteiger partial charge in [0.2, 0.25) is 0 Å². The fourth-order valence-corrected chi connectivity index (χ4v) is 3.20. The number of nitrogens with zero attached hydrogens (tertiary/aromatic N) is 1. The highest BCUT2D eigenvalue weighted by Gasteiger charge is 2.32. The highest BCUT2D eigenvalue weighted by molar-refractivity contribution is 7.10. The van der Waals surface area contributed by atoms with Gasteiger partial charge in [-0.25, -0.2) is 0 Å². The summed E-state index contributed by atoms with van der Waals surface area (Å²) in [6.45, 7) is 2.99. The van der Waals surface area contributed by atoms with Gasteiger partial charge >= 0.3 is 0 Å². The molecule has 1 saturated carbocycles. The normalized spacial score (nSPS) is 16.7. The molecule has 94 valence electrons. The molecule has 1 fully saturated rings. The number of hydrogen-bond donors (Lipinski definition) is 1. The van der Waals surface area contributed by atoms with Crippen molar-refractivity contribution in [3.63, 3.8) is 0 Å². The predicted molar refractivity (Wildman–Crippen MR) is 75.6 cm³/mol. The number of nitrogens with one attached hydrogen (secondary N) is 1. The van der Waals surface area contributed by atoms with Crippen LogP contribution in [0, 0.1) is 12.8 Å². The van der Waals surface area contributed by atoms with Crippen LogP contribution in [0.2, 0.25) is 0 Å². The molecule has 2 heterocycles. The summed E-state index contributed by atoms with van der Waals surface area (Å²) in [6.07, 6.45) is 4.59. The van der Waals surface area contributed by atoms with Crippen molar-refractivity contribution in [3.05, 3.63) is 52.0 Å². The van der Waals surface area contributed by atoms with E-state index in [2.05, 4.69) is 40.8 Å². The topological polar surface area (TPSA) is 24.9 Å². The average molecular weight is 258 g/mol. The minimum absolute atomic E-state index is 0.520. The standard InChI is InChI=1S/C15H18N2S/c1-11-4-2-8-16-13(11)10-17-15(12-6-7-12)14-5-3-9-18-14/h2-5,8-9,12,15,17H,6-7,10H2,1H3. The van der Waals surface area contributed by atoms with Crippen LogP contribution >= 0.6 is 11.3 Å². The van der Waals surface area contributed by atoms with Gasteiger partial charge in [-0.3, -0.25) is 4.98 Å². The molecule has 0 aromatic carbocycles. The monoisotopic (exact) mass is 258 g/mol. The molecule has 2 aromatic heterocycles. The Bertz CT molecular complexity index is 503. The van der Waals surface area contributed by atoms with Crippen LogP contribution < -0.4 is 5.32 Å². The number of rotatable bonds is 5. The van der Waals surface area contributed by atoms with Crippen molar-refractivity contribution in [2.75, 3.05) is 0 Å². The highest BCUT2D eigenvalue weighted by atomic mass is 32.1. The molecule has 2 aromatic rings. The molecule has 1 unspecified atom stereocenters. The Morgan fingerprint density at radius 2 is 2.28 bits per heavy atom. The minimum atomic E-state index is 0.520. The number of pyridine rings is 1. The van der Waals surface area contributed by atoms with Crippen LogP contribution in [0.1, 0.15) is 35.0 Å². The average Bonchev–Trinajstić information content (AvgIpc) is 3.07. The van der Waals surface area contributed by atoms with E-state index >= 15 is 0 Å². The molecule has 0 amide bonds. The Balaban J connectivity index is 1.69. The number of thiophene rings is 1. The highest BCUT2D eigenvalue weighted by Crippen LogP contribution is 2.42. The second kappa shape index (κ2) is 5.21. The third kappa shape index (κ3) is 2.62. The number of hydrogen-bond acceptors (Lipinski definition) is 3. The van der Waals surface area contributed by atoms with E-state index in [1.165, 1.54) is 29.0 Å². The van der Waals surface area contributed by atoms with Gasteiger partial charge in [-0.15, -0.1) is 11.3 Å². The summed E-state index contributed by atoms with van der Waals surface area (Å²) < 4.78 is 0. The molecule has 0 saturated heterocycles. The Morgan fingerprint density at radius 1 is 1.39 bits per heavy atom. The van der Waals surface area contributed by atoms with Gasteiger partial charge in [0.15, 0.2) is 0 Å². The van der Waals surface area contributed by atoms with Gasteiger partial charge < -0.3 is 5.32 Å².